The SMILES string of the molecule is C=CCOCC(O)COCC1OC(OC2C3COC2C(O)C(O)O3)C(O)C(O)C1O. The molecule has 0 aromatic rings. The molecule has 3 aliphatic heterocycles. The summed E-state index contributed by atoms with van der Waals surface area (Å²) in [5.41, 5.74) is 0. The fourth-order valence-electron chi connectivity index (χ4n) is 3.58. The van der Waals surface area contributed by atoms with Crippen LogP contribution in [0, 0.1) is 0 Å². The van der Waals surface area contributed by atoms with Crippen LogP contribution in [0.5, 0.6) is 0 Å². The van der Waals surface area contributed by atoms with Crippen LogP contribution < -0.4 is 0 Å². The second-order valence-corrected chi connectivity index (χ2v) is 7.49. The van der Waals surface area contributed by atoms with Gasteiger partial charge in [0.1, 0.15) is 54.9 Å². The molecule has 3 saturated heterocycles. The fourth-order valence-corrected chi connectivity index (χ4v) is 3.58. The number of hydrogen-bond donors (Lipinski definition) is 6. The molecule has 3 rings (SSSR count). The van der Waals surface area contributed by atoms with Gasteiger partial charge in [-0.3, -0.25) is 0 Å². The Balaban J connectivity index is 1.52. The van der Waals surface area contributed by atoms with Crippen molar-refractivity contribution in [3.05, 3.63) is 12.7 Å². The summed E-state index contributed by atoms with van der Waals surface area (Å²) in [7, 11) is 0. The summed E-state index contributed by atoms with van der Waals surface area (Å²) in [6, 6.07) is 0. The summed E-state index contributed by atoms with van der Waals surface area (Å²) in [5, 5.41) is 60.0. The first-order chi connectivity index (χ1) is 14.3. The molecule has 30 heavy (non-hydrogen) atoms. The van der Waals surface area contributed by atoms with Gasteiger partial charge in [0.25, 0.3) is 0 Å². The molecule has 0 aromatic carbocycles. The third-order valence-corrected chi connectivity index (χ3v) is 5.18. The van der Waals surface area contributed by atoms with Gasteiger partial charge < -0.3 is 59.1 Å². The Labute approximate surface area is 173 Å². The summed E-state index contributed by atoms with van der Waals surface area (Å²) < 4.78 is 32.3. The largest absolute Gasteiger partial charge is 0.388 e. The summed E-state index contributed by atoms with van der Waals surface area (Å²) >= 11 is 0. The van der Waals surface area contributed by atoms with Gasteiger partial charge in [0.05, 0.1) is 33.0 Å². The average molecular weight is 438 g/mol. The first kappa shape index (κ1) is 23.9. The highest BCUT2D eigenvalue weighted by Gasteiger charge is 2.54. The molecule has 3 aliphatic rings. The Bertz CT molecular complexity index is 549. The van der Waals surface area contributed by atoms with Crippen LogP contribution in [-0.4, -0.2) is 131 Å². The molecule has 0 amide bonds. The van der Waals surface area contributed by atoms with E-state index >= 15 is 0 Å². The summed E-state index contributed by atoms with van der Waals surface area (Å²) in [6.45, 7) is 3.57. The number of hydrogen-bond acceptors (Lipinski definition) is 12. The molecule has 0 spiro atoms. The topological polar surface area (TPSA) is 177 Å². The maximum Gasteiger partial charge on any atom is 0.187 e. The quantitative estimate of drug-likeness (QED) is 0.145. The second-order valence-electron chi connectivity index (χ2n) is 7.49. The monoisotopic (exact) mass is 438 g/mol. The minimum absolute atomic E-state index is 0.0335. The number of aliphatic hydroxyl groups excluding tert-OH is 6. The lowest BCUT2D eigenvalue weighted by Crippen LogP contribution is -2.62. The summed E-state index contributed by atoms with van der Waals surface area (Å²) in [6.07, 6.45) is -11.7. The van der Waals surface area contributed by atoms with E-state index in [9.17, 15) is 30.6 Å². The standard InChI is InChI=1S/C18H30O12/c1-2-3-25-4-8(19)5-26-6-9-11(20)12(21)13(22)18(29-9)30-15-10-7-27-16(15)14(23)17(24)28-10/h2,8-24H,1,3-7H2. The summed E-state index contributed by atoms with van der Waals surface area (Å²) in [4.78, 5) is 0. The number of aliphatic hydroxyl groups is 6. The molecule has 3 heterocycles. The molecule has 6 N–H and O–H groups in total. The van der Waals surface area contributed by atoms with E-state index in [-0.39, 0.29) is 33.0 Å². The lowest BCUT2D eigenvalue weighted by molar-refractivity contribution is -0.338. The van der Waals surface area contributed by atoms with Gasteiger partial charge in [0, 0.05) is 0 Å². The Morgan fingerprint density at radius 2 is 1.70 bits per heavy atom. The van der Waals surface area contributed by atoms with Crippen LogP contribution in [0.1, 0.15) is 0 Å². The number of fused-ring (bicyclic) bond motifs is 2. The Morgan fingerprint density at radius 1 is 0.967 bits per heavy atom. The van der Waals surface area contributed by atoms with Crippen molar-refractivity contribution < 1.29 is 59.1 Å². The predicted octanol–water partition coefficient (Wildman–Crippen LogP) is -3.76. The zero-order valence-electron chi connectivity index (χ0n) is 16.3. The molecular formula is C18H30O12. The maximum atomic E-state index is 10.2. The fraction of sp³-hybridized carbons (Fsp3) is 0.889. The molecule has 12 nitrogen and oxygen atoms in total. The van der Waals surface area contributed by atoms with E-state index in [1.54, 1.807) is 6.08 Å². The van der Waals surface area contributed by atoms with Crippen LogP contribution in [0.4, 0.5) is 0 Å². The molecule has 0 aromatic heterocycles. The van der Waals surface area contributed by atoms with Crippen LogP contribution in [-0.2, 0) is 28.4 Å². The van der Waals surface area contributed by atoms with Crippen LogP contribution in [0.2, 0.25) is 0 Å². The first-order valence-electron chi connectivity index (χ1n) is 9.76. The van der Waals surface area contributed by atoms with Crippen molar-refractivity contribution in [3.8, 4) is 0 Å². The van der Waals surface area contributed by atoms with Gasteiger partial charge in [-0.2, -0.15) is 0 Å². The normalized spacial score (nSPS) is 44.7. The Morgan fingerprint density at radius 3 is 2.43 bits per heavy atom. The first-order valence-corrected chi connectivity index (χ1v) is 9.76. The number of ether oxygens (including phenoxy) is 6. The van der Waals surface area contributed by atoms with Crippen LogP contribution in [0.3, 0.4) is 0 Å². The Hall–Kier alpha value is -0.740. The van der Waals surface area contributed by atoms with Crippen molar-refractivity contribution in [2.24, 2.45) is 0 Å². The predicted molar refractivity (Wildman–Crippen MR) is 96.0 cm³/mol. The zero-order chi connectivity index (χ0) is 21.8. The molecule has 0 aliphatic carbocycles. The van der Waals surface area contributed by atoms with Crippen molar-refractivity contribution in [2.45, 2.75) is 67.5 Å². The lowest BCUT2D eigenvalue weighted by Gasteiger charge is -2.43. The van der Waals surface area contributed by atoms with Crippen LogP contribution in [0.25, 0.3) is 0 Å². The van der Waals surface area contributed by atoms with Gasteiger partial charge in [-0.15, -0.1) is 6.58 Å². The smallest absolute Gasteiger partial charge is 0.187 e. The van der Waals surface area contributed by atoms with Gasteiger partial charge >= 0.3 is 0 Å². The maximum absolute atomic E-state index is 10.2. The van der Waals surface area contributed by atoms with E-state index in [0.29, 0.717) is 0 Å². The molecule has 3 fully saturated rings. The highest BCUT2D eigenvalue weighted by atomic mass is 16.7. The van der Waals surface area contributed by atoms with E-state index in [0.717, 1.165) is 0 Å². The molecular weight excluding hydrogens is 408 g/mol. The van der Waals surface area contributed by atoms with Gasteiger partial charge in [0.15, 0.2) is 12.6 Å². The van der Waals surface area contributed by atoms with E-state index in [4.69, 9.17) is 28.4 Å². The molecule has 0 radical (unpaired) electrons. The molecule has 174 valence electrons. The third-order valence-electron chi connectivity index (χ3n) is 5.18. The molecule has 0 saturated carbocycles. The third kappa shape index (κ3) is 5.35. The zero-order valence-corrected chi connectivity index (χ0v) is 16.3. The van der Waals surface area contributed by atoms with Gasteiger partial charge in [-0.25, -0.2) is 0 Å². The number of rotatable bonds is 10. The molecule has 12 heteroatoms. The van der Waals surface area contributed by atoms with Crippen molar-refractivity contribution in [1.29, 1.82) is 0 Å². The van der Waals surface area contributed by atoms with Crippen molar-refractivity contribution in [3.63, 3.8) is 0 Å². The van der Waals surface area contributed by atoms with E-state index in [2.05, 4.69) is 6.58 Å². The average Bonchev–Trinajstić information content (AvgIpc) is 3.03. The van der Waals surface area contributed by atoms with Gasteiger partial charge in [0.2, 0.25) is 0 Å². The molecule has 11 unspecified atom stereocenters. The van der Waals surface area contributed by atoms with Crippen LogP contribution in [0.15, 0.2) is 12.7 Å². The van der Waals surface area contributed by atoms with Crippen molar-refractivity contribution in [1.82, 2.24) is 0 Å². The highest BCUT2D eigenvalue weighted by Crippen LogP contribution is 2.34. The second kappa shape index (κ2) is 10.7. The molecule has 2 bridgehead atoms. The minimum Gasteiger partial charge on any atom is -0.388 e. The van der Waals surface area contributed by atoms with Gasteiger partial charge in [-0.1, -0.05) is 6.08 Å². The highest BCUT2D eigenvalue weighted by molar-refractivity contribution is 4.98. The Kier molecular flexibility index (Phi) is 8.55. The molecule has 11 atom stereocenters. The lowest BCUT2D eigenvalue weighted by atomic mass is 9.98. The van der Waals surface area contributed by atoms with Gasteiger partial charge in [-0.05, 0) is 0 Å². The van der Waals surface area contributed by atoms with E-state index < -0.39 is 67.5 Å². The van der Waals surface area contributed by atoms with Crippen molar-refractivity contribution >= 4 is 0 Å². The van der Waals surface area contributed by atoms with Crippen LogP contribution >= 0.6 is 0 Å². The van der Waals surface area contributed by atoms with E-state index in [1.165, 1.54) is 0 Å². The van der Waals surface area contributed by atoms with E-state index in [1.807, 2.05) is 0 Å². The minimum atomic E-state index is -1.59. The summed E-state index contributed by atoms with van der Waals surface area (Å²) in [5.74, 6) is 0. The van der Waals surface area contributed by atoms with Crippen molar-refractivity contribution in [2.75, 3.05) is 33.0 Å².